The van der Waals surface area contributed by atoms with Gasteiger partial charge in [0.15, 0.2) is 0 Å². The van der Waals surface area contributed by atoms with Gasteiger partial charge in [-0.25, -0.2) is 9.97 Å². The highest BCUT2D eigenvalue weighted by molar-refractivity contribution is 6.05. The first-order valence-electron chi connectivity index (χ1n) is 7.94. The molecule has 1 aromatic heterocycles. The van der Waals surface area contributed by atoms with E-state index in [4.69, 9.17) is 0 Å². The van der Waals surface area contributed by atoms with Crippen LogP contribution in [0.25, 0.3) is 0 Å². The van der Waals surface area contributed by atoms with E-state index in [0.717, 1.165) is 17.8 Å². The lowest BCUT2D eigenvalue weighted by molar-refractivity contribution is -0.137. The minimum absolute atomic E-state index is 0.175. The molecule has 0 radical (unpaired) electrons. The zero-order valence-corrected chi connectivity index (χ0v) is 14.2. The highest BCUT2D eigenvalue weighted by Crippen LogP contribution is 2.30. The molecule has 1 N–H and O–H groups in total. The highest BCUT2D eigenvalue weighted by Gasteiger charge is 2.29. The minimum Gasteiger partial charge on any atom is -0.324 e. The van der Waals surface area contributed by atoms with Gasteiger partial charge in [0, 0.05) is 30.8 Å². The molecule has 1 heterocycles. The summed E-state index contributed by atoms with van der Waals surface area (Å²) in [6.07, 6.45) is -1.66. The predicted octanol–water partition coefficient (Wildman–Crippen LogP) is 4.52. The number of anilines is 3. The van der Waals surface area contributed by atoms with Gasteiger partial charge in [0.25, 0.3) is 5.91 Å². The molecule has 0 aliphatic carbocycles. The number of carbonyl (C=O) groups excluding carboxylic acids is 1. The van der Waals surface area contributed by atoms with Crippen molar-refractivity contribution >= 4 is 23.2 Å². The van der Waals surface area contributed by atoms with Crippen LogP contribution < -0.4 is 10.2 Å². The van der Waals surface area contributed by atoms with Crippen LogP contribution in [0.1, 0.15) is 15.9 Å². The molecule has 0 atom stereocenters. The summed E-state index contributed by atoms with van der Waals surface area (Å²) < 4.78 is 37.7. The predicted molar refractivity (Wildman–Crippen MR) is 95.9 cm³/mol. The molecule has 0 spiro atoms. The second kappa shape index (κ2) is 7.45. The van der Waals surface area contributed by atoms with Crippen LogP contribution in [0.3, 0.4) is 0 Å². The Bertz CT molecular complexity index is 910. The van der Waals surface area contributed by atoms with E-state index in [-0.39, 0.29) is 11.9 Å². The maximum Gasteiger partial charge on any atom is 0.416 e. The summed E-state index contributed by atoms with van der Waals surface area (Å²) in [7, 11) is 1.64. The van der Waals surface area contributed by atoms with E-state index in [1.165, 1.54) is 29.4 Å². The van der Waals surface area contributed by atoms with Crippen molar-refractivity contribution in [2.45, 2.75) is 6.18 Å². The zero-order valence-electron chi connectivity index (χ0n) is 14.2. The smallest absolute Gasteiger partial charge is 0.324 e. The molecule has 1 amide bonds. The first-order valence-corrected chi connectivity index (χ1v) is 7.94. The van der Waals surface area contributed by atoms with Crippen LogP contribution in [0.5, 0.6) is 0 Å². The number of rotatable bonds is 4. The molecular formula is C19H15F3N4O. The van der Waals surface area contributed by atoms with E-state index in [2.05, 4.69) is 15.3 Å². The van der Waals surface area contributed by atoms with Crippen LogP contribution in [0.4, 0.5) is 30.5 Å². The molecule has 0 bridgehead atoms. The van der Waals surface area contributed by atoms with Gasteiger partial charge in [-0.05, 0) is 36.4 Å². The molecule has 5 nitrogen and oxygen atoms in total. The maximum atomic E-state index is 12.6. The zero-order chi connectivity index (χ0) is 19.4. The fourth-order valence-corrected chi connectivity index (χ4v) is 2.34. The van der Waals surface area contributed by atoms with E-state index in [1.54, 1.807) is 19.2 Å². The van der Waals surface area contributed by atoms with Gasteiger partial charge >= 0.3 is 6.18 Å². The lowest BCUT2D eigenvalue weighted by Crippen LogP contribution is -2.26. The highest BCUT2D eigenvalue weighted by atomic mass is 19.4. The van der Waals surface area contributed by atoms with Crippen LogP contribution >= 0.6 is 0 Å². The lowest BCUT2D eigenvalue weighted by atomic mass is 10.2. The summed E-state index contributed by atoms with van der Waals surface area (Å²) in [5.74, 6) is -0.101. The van der Waals surface area contributed by atoms with Crippen LogP contribution in [0.15, 0.2) is 67.0 Å². The largest absolute Gasteiger partial charge is 0.416 e. The standard InChI is InChI=1S/C19H15F3N4O/c1-26(16-5-3-2-4-6-16)17(27)13-11-23-18(24-12-13)25-15-9-7-14(8-10-15)19(20,21)22/h2-12H,1H3,(H,23,24,25). The molecule has 0 unspecified atom stereocenters. The van der Waals surface area contributed by atoms with Gasteiger partial charge in [-0.15, -0.1) is 0 Å². The van der Waals surface area contributed by atoms with Crippen molar-refractivity contribution in [3.05, 3.63) is 78.1 Å². The molecule has 0 aliphatic heterocycles. The van der Waals surface area contributed by atoms with Crippen molar-refractivity contribution in [1.29, 1.82) is 0 Å². The Morgan fingerprint density at radius 1 is 0.963 bits per heavy atom. The fraction of sp³-hybridized carbons (Fsp3) is 0.105. The third-order valence-corrected chi connectivity index (χ3v) is 3.82. The van der Waals surface area contributed by atoms with Crippen molar-refractivity contribution in [3.63, 3.8) is 0 Å². The number of para-hydroxylation sites is 1. The maximum absolute atomic E-state index is 12.6. The Balaban J connectivity index is 1.69. The van der Waals surface area contributed by atoms with Gasteiger partial charge in [-0.3, -0.25) is 4.79 Å². The molecule has 27 heavy (non-hydrogen) atoms. The fourth-order valence-electron chi connectivity index (χ4n) is 2.34. The molecular weight excluding hydrogens is 357 g/mol. The van der Waals surface area contributed by atoms with Crippen molar-refractivity contribution in [2.24, 2.45) is 0 Å². The number of nitrogens with zero attached hydrogens (tertiary/aromatic N) is 3. The summed E-state index contributed by atoms with van der Waals surface area (Å²) in [5, 5.41) is 2.80. The van der Waals surface area contributed by atoms with Gasteiger partial charge in [0.2, 0.25) is 5.95 Å². The number of nitrogens with one attached hydrogen (secondary N) is 1. The van der Waals surface area contributed by atoms with Crippen LogP contribution in [-0.4, -0.2) is 22.9 Å². The Morgan fingerprint density at radius 3 is 2.11 bits per heavy atom. The SMILES string of the molecule is CN(C(=O)c1cnc(Nc2ccc(C(F)(F)F)cc2)nc1)c1ccccc1. The van der Waals surface area contributed by atoms with Crippen molar-refractivity contribution in [1.82, 2.24) is 9.97 Å². The minimum atomic E-state index is -4.39. The average Bonchev–Trinajstić information content (AvgIpc) is 2.68. The summed E-state index contributed by atoms with van der Waals surface area (Å²) >= 11 is 0. The second-order valence-corrected chi connectivity index (χ2v) is 5.70. The molecule has 3 rings (SSSR count). The molecule has 0 fully saturated rings. The lowest BCUT2D eigenvalue weighted by Gasteiger charge is -2.17. The normalized spacial score (nSPS) is 11.1. The van der Waals surface area contributed by atoms with Gasteiger partial charge < -0.3 is 10.2 Å². The Labute approximate surface area is 153 Å². The number of hydrogen-bond donors (Lipinski definition) is 1. The molecule has 8 heteroatoms. The molecule has 138 valence electrons. The van der Waals surface area contributed by atoms with Gasteiger partial charge in [-0.1, -0.05) is 18.2 Å². The van der Waals surface area contributed by atoms with E-state index in [1.807, 2.05) is 18.2 Å². The quantitative estimate of drug-likeness (QED) is 0.732. The number of aromatic nitrogens is 2. The molecule has 3 aromatic rings. The van der Waals surface area contributed by atoms with Gasteiger partial charge in [0.05, 0.1) is 11.1 Å². The number of alkyl halides is 3. The molecule has 0 aliphatic rings. The summed E-state index contributed by atoms with van der Waals surface area (Å²) in [6, 6.07) is 13.6. The molecule has 0 saturated heterocycles. The van der Waals surface area contributed by atoms with E-state index >= 15 is 0 Å². The van der Waals surface area contributed by atoms with E-state index in [9.17, 15) is 18.0 Å². The average molecular weight is 372 g/mol. The topological polar surface area (TPSA) is 58.1 Å². The first-order chi connectivity index (χ1) is 12.8. The van der Waals surface area contributed by atoms with Crippen molar-refractivity contribution < 1.29 is 18.0 Å². The van der Waals surface area contributed by atoms with Crippen molar-refractivity contribution in [3.8, 4) is 0 Å². The van der Waals surface area contributed by atoms with E-state index < -0.39 is 11.7 Å². The Hall–Kier alpha value is -3.42. The number of carbonyl (C=O) groups is 1. The van der Waals surface area contributed by atoms with Crippen LogP contribution in [-0.2, 0) is 6.18 Å². The number of amides is 1. The van der Waals surface area contributed by atoms with Crippen LogP contribution in [0.2, 0.25) is 0 Å². The number of hydrogen-bond acceptors (Lipinski definition) is 4. The number of halogens is 3. The van der Waals surface area contributed by atoms with Crippen LogP contribution in [0, 0.1) is 0 Å². The third kappa shape index (κ3) is 4.41. The summed E-state index contributed by atoms with van der Waals surface area (Å²) in [5.41, 5.74) is 0.691. The summed E-state index contributed by atoms with van der Waals surface area (Å²) in [6.45, 7) is 0. The van der Waals surface area contributed by atoms with Gasteiger partial charge in [0.1, 0.15) is 0 Å². The monoisotopic (exact) mass is 372 g/mol. The third-order valence-electron chi connectivity index (χ3n) is 3.82. The Morgan fingerprint density at radius 2 is 1.56 bits per heavy atom. The molecule has 0 saturated carbocycles. The van der Waals surface area contributed by atoms with E-state index in [0.29, 0.717) is 11.3 Å². The van der Waals surface area contributed by atoms with Gasteiger partial charge in [-0.2, -0.15) is 13.2 Å². The Kier molecular flexibility index (Phi) is 5.07. The first kappa shape index (κ1) is 18.4. The second-order valence-electron chi connectivity index (χ2n) is 5.70. The molecule has 2 aromatic carbocycles. The van der Waals surface area contributed by atoms with Crippen molar-refractivity contribution in [2.75, 3.05) is 17.3 Å². The number of benzene rings is 2. The summed E-state index contributed by atoms with van der Waals surface area (Å²) in [4.78, 5) is 22.0.